The third-order valence-corrected chi connectivity index (χ3v) is 3.11. The maximum absolute atomic E-state index is 5.51. The maximum atomic E-state index is 5.51. The highest BCUT2D eigenvalue weighted by atomic mass is 127. The van der Waals surface area contributed by atoms with Crippen molar-refractivity contribution in [1.82, 2.24) is 10.2 Å². The minimum atomic E-state index is 0.491. The van der Waals surface area contributed by atoms with E-state index >= 15 is 0 Å². The molecule has 0 amide bonds. The van der Waals surface area contributed by atoms with Crippen molar-refractivity contribution >= 4 is 33.9 Å². The van der Waals surface area contributed by atoms with E-state index in [0.29, 0.717) is 6.61 Å². The number of aromatic nitrogens is 2. The predicted molar refractivity (Wildman–Crippen MR) is 63.4 cm³/mol. The van der Waals surface area contributed by atoms with Gasteiger partial charge in [0.05, 0.1) is 0 Å². The van der Waals surface area contributed by atoms with E-state index in [1.807, 2.05) is 30.3 Å². The summed E-state index contributed by atoms with van der Waals surface area (Å²) in [7, 11) is 0. The molecule has 0 aliphatic heterocycles. The lowest BCUT2D eigenvalue weighted by Crippen LogP contribution is -1.94. The lowest BCUT2D eigenvalue weighted by Gasteiger charge is -2.01. The van der Waals surface area contributed by atoms with Gasteiger partial charge in [0.1, 0.15) is 12.4 Å². The first-order chi connectivity index (χ1) is 6.84. The van der Waals surface area contributed by atoms with Crippen LogP contribution in [0.2, 0.25) is 0 Å². The Morgan fingerprint density at radius 3 is 2.64 bits per heavy atom. The van der Waals surface area contributed by atoms with Crippen molar-refractivity contribution in [3.05, 3.63) is 38.4 Å². The van der Waals surface area contributed by atoms with Crippen molar-refractivity contribution in [3.8, 4) is 5.75 Å². The van der Waals surface area contributed by atoms with Gasteiger partial charge in [0.2, 0.25) is 0 Å². The number of hydrogen-bond donors (Lipinski definition) is 0. The van der Waals surface area contributed by atoms with Crippen LogP contribution in [0.5, 0.6) is 5.75 Å². The van der Waals surface area contributed by atoms with Crippen LogP contribution in [0.4, 0.5) is 0 Å². The van der Waals surface area contributed by atoms with Crippen LogP contribution < -0.4 is 4.74 Å². The summed E-state index contributed by atoms with van der Waals surface area (Å²) < 4.78 is 6.45. The average Bonchev–Trinajstić information content (AvgIpc) is 2.63. The van der Waals surface area contributed by atoms with Gasteiger partial charge < -0.3 is 4.74 Å². The number of halogens is 1. The Morgan fingerprint density at radius 1 is 1.21 bits per heavy atom. The Labute approximate surface area is 99.3 Å². The van der Waals surface area contributed by atoms with E-state index in [-0.39, 0.29) is 0 Å². The molecule has 0 aliphatic rings. The second-order valence-corrected chi connectivity index (χ2v) is 5.37. The zero-order valence-corrected chi connectivity index (χ0v) is 10.2. The van der Waals surface area contributed by atoms with E-state index in [9.17, 15) is 0 Å². The Balaban J connectivity index is 1.95. The van der Waals surface area contributed by atoms with E-state index < -0.39 is 0 Å². The quantitative estimate of drug-likeness (QED) is 0.816. The monoisotopic (exact) mass is 318 g/mol. The zero-order chi connectivity index (χ0) is 9.80. The minimum absolute atomic E-state index is 0.491. The molecule has 0 aliphatic carbocycles. The number of hydrogen-bond acceptors (Lipinski definition) is 4. The van der Waals surface area contributed by atoms with Crippen LogP contribution in [0.15, 0.2) is 30.3 Å². The van der Waals surface area contributed by atoms with Gasteiger partial charge in [-0.3, -0.25) is 0 Å². The number of para-hydroxylation sites is 1. The van der Waals surface area contributed by atoms with Crippen molar-refractivity contribution in [2.45, 2.75) is 6.61 Å². The van der Waals surface area contributed by atoms with Crippen LogP contribution in [0, 0.1) is 3.01 Å². The van der Waals surface area contributed by atoms with Crippen molar-refractivity contribution < 1.29 is 4.74 Å². The fourth-order valence-corrected chi connectivity index (χ4v) is 2.30. The summed E-state index contributed by atoms with van der Waals surface area (Å²) >= 11 is 3.69. The number of ether oxygens (including phenoxy) is 1. The molecule has 1 aromatic heterocycles. The summed E-state index contributed by atoms with van der Waals surface area (Å²) in [5, 5.41) is 8.77. The van der Waals surface area contributed by atoms with E-state index in [2.05, 4.69) is 32.8 Å². The number of benzene rings is 1. The summed E-state index contributed by atoms with van der Waals surface area (Å²) in [6, 6.07) is 9.69. The lowest BCUT2D eigenvalue weighted by molar-refractivity contribution is 0.304. The highest BCUT2D eigenvalue weighted by Crippen LogP contribution is 2.15. The van der Waals surface area contributed by atoms with Gasteiger partial charge in [-0.1, -0.05) is 29.5 Å². The standard InChI is InChI=1S/C9H7IN2OS/c10-9-12-11-8(14-9)6-13-7-4-2-1-3-5-7/h1-5H,6H2. The number of rotatable bonds is 3. The van der Waals surface area contributed by atoms with Crippen molar-refractivity contribution in [2.75, 3.05) is 0 Å². The molecule has 0 atom stereocenters. The van der Waals surface area contributed by atoms with Crippen molar-refractivity contribution in [3.63, 3.8) is 0 Å². The smallest absolute Gasteiger partial charge is 0.178 e. The molecular weight excluding hydrogens is 311 g/mol. The van der Waals surface area contributed by atoms with Crippen LogP contribution >= 0.6 is 33.9 Å². The Bertz CT molecular complexity index is 404. The third-order valence-electron chi connectivity index (χ3n) is 1.55. The van der Waals surface area contributed by atoms with Crippen LogP contribution in [0.3, 0.4) is 0 Å². The molecule has 0 N–H and O–H groups in total. The number of nitrogens with zero attached hydrogens (tertiary/aromatic N) is 2. The van der Waals surface area contributed by atoms with E-state index in [0.717, 1.165) is 13.8 Å². The molecule has 1 aromatic carbocycles. The van der Waals surface area contributed by atoms with Crippen LogP contribution in [-0.2, 0) is 6.61 Å². The Kier molecular flexibility index (Phi) is 3.30. The SMILES string of the molecule is Ic1nnc(COc2ccccc2)s1. The molecule has 3 nitrogen and oxygen atoms in total. The molecule has 14 heavy (non-hydrogen) atoms. The second-order valence-electron chi connectivity index (χ2n) is 2.55. The van der Waals surface area contributed by atoms with Gasteiger partial charge in [0, 0.05) is 0 Å². The molecule has 0 fully saturated rings. The van der Waals surface area contributed by atoms with Gasteiger partial charge in [-0.05, 0) is 34.7 Å². The summed E-state index contributed by atoms with van der Waals surface area (Å²) in [5.41, 5.74) is 0. The molecule has 0 unspecified atom stereocenters. The van der Waals surface area contributed by atoms with Gasteiger partial charge in [-0.25, -0.2) is 0 Å². The first-order valence-corrected chi connectivity index (χ1v) is 5.90. The van der Waals surface area contributed by atoms with E-state index in [4.69, 9.17) is 4.74 Å². The fourth-order valence-electron chi connectivity index (χ4n) is 0.953. The van der Waals surface area contributed by atoms with Gasteiger partial charge in [-0.15, -0.1) is 10.2 Å². The normalized spacial score (nSPS) is 10.1. The largest absolute Gasteiger partial charge is 0.486 e. The highest BCUT2D eigenvalue weighted by molar-refractivity contribution is 14.1. The van der Waals surface area contributed by atoms with Gasteiger partial charge in [-0.2, -0.15) is 0 Å². The molecule has 0 saturated carbocycles. The molecule has 2 aromatic rings. The Hall–Kier alpha value is -0.690. The van der Waals surface area contributed by atoms with Gasteiger partial charge >= 0.3 is 0 Å². The van der Waals surface area contributed by atoms with Crippen LogP contribution in [-0.4, -0.2) is 10.2 Å². The first-order valence-electron chi connectivity index (χ1n) is 4.00. The summed E-state index contributed by atoms with van der Waals surface area (Å²) in [4.78, 5) is 0. The molecule has 0 saturated heterocycles. The molecule has 5 heteroatoms. The van der Waals surface area contributed by atoms with Crippen LogP contribution in [0.25, 0.3) is 0 Å². The second kappa shape index (κ2) is 4.70. The summed E-state index contributed by atoms with van der Waals surface area (Å²) in [6.07, 6.45) is 0. The first kappa shape index (κ1) is 9.85. The van der Waals surface area contributed by atoms with E-state index in [1.54, 1.807) is 11.3 Å². The molecule has 0 bridgehead atoms. The molecule has 72 valence electrons. The fraction of sp³-hybridized carbons (Fsp3) is 0.111. The lowest BCUT2D eigenvalue weighted by atomic mass is 10.3. The molecule has 0 spiro atoms. The maximum Gasteiger partial charge on any atom is 0.178 e. The van der Waals surface area contributed by atoms with E-state index in [1.165, 1.54) is 0 Å². The third kappa shape index (κ3) is 2.65. The predicted octanol–water partition coefficient (Wildman–Crippen LogP) is 2.72. The van der Waals surface area contributed by atoms with Crippen molar-refractivity contribution in [2.24, 2.45) is 0 Å². The van der Waals surface area contributed by atoms with Gasteiger partial charge in [0.15, 0.2) is 8.02 Å². The average molecular weight is 318 g/mol. The molecule has 0 radical (unpaired) electrons. The Morgan fingerprint density at radius 2 is 2.00 bits per heavy atom. The molecule has 2 rings (SSSR count). The topological polar surface area (TPSA) is 35.0 Å². The summed E-state index contributed by atoms with van der Waals surface area (Å²) in [5.74, 6) is 0.859. The van der Waals surface area contributed by atoms with Crippen LogP contribution in [0.1, 0.15) is 5.01 Å². The van der Waals surface area contributed by atoms with Crippen molar-refractivity contribution in [1.29, 1.82) is 0 Å². The zero-order valence-electron chi connectivity index (χ0n) is 7.18. The molecule has 1 heterocycles. The van der Waals surface area contributed by atoms with Gasteiger partial charge in [0.25, 0.3) is 0 Å². The molecular formula is C9H7IN2OS. The minimum Gasteiger partial charge on any atom is -0.486 e. The summed E-state index contributed by atoms with van der Waals surface area (Å²) in [6.45, 7) is 0.491. The highest BCUT2D eigenvalue weighted by Gasteiger charge is 2.01.